The van der Waals surface area contributed by atoms with Gasteiger partial charge in [-0.3, -0.25) is 4.57 Å². The second kappa shape index (κ2) is 11.8. The Hall–Kier alpha value is -4.03. The molecule has 0 aliphatic rings. The Labute approximate surface area is 227 Å². The lowest BCUT2D eigenvalue weighted by atomic mass is 10.2. The maximum absolute atomic E-state index is 13.9. The van der Waals surface area contributed by atoms with E-state index >= 15 is 0 Å². The molecule has 11 nitrogen and oxygen atoms in total. The summed E-state index contributed by atoms with van der Waals surface area (Å²) in [5, 5.41) is 7.56. The van der Waals surface area contributed by atoms with E-state index in [0.717, 1.165) is 5.56 Å². The first-order valence-corrected chi connectivity index (χ1v) is 13.9. The van der Waals surface area contributed by atoms with Crippen LogP contribution in [0.2, 0.25) is 0 Å². The number of para-hydroxylation sites is 1. The molecule has 0 unspecified atom stereocenters. The van der Waals surface area contributed by atoms with Crippen LogP contribution >= 0.6 is 0 Å². The zero-order valence-electron chi connectivity index (χ0n) is 22.5. The monoisotopic (exact) mass is 553 g/mol. The Bertz CT molecular complexity index is 1520. The zero-order chi connectivity index (χ0) is 28.2. The van der Waals surface area contributed by atoms with Crippen LogP contribution in [0, 0.1) is 13.8 Å². The van der Waals surface area contributed by atoms with Gasteiger partial charge in [-0.25, -0.2) is 18.4 Å². The van der Waals surface area contributed by atoms with Gasteiger partial charge in [-0.05, 0) is 50.6 Å². The summed E-state index contributed by atoms with van der Waals surface area (Å²) in [6, 6.07) is 8.78. The smallest absolute Gasteiger partial charge is 0.204 e. The molecule has 0 N–H and O–H groups in total. The van der Waals surface area contributed by atoms with Crippen LogP contribution < -0.4 is 9.47 Å². The van der Waals surface area contributed by atoms with Crippen LogP contribution in [0.15, 0.2) is 59.8 Å². The fraction of sp³-hybridized carbons (Fsp3) is 0.333. The Morgan fingerprint density at radius 1 is 1.05 bits per heavy atom. The Morgan fingerprint density at radius 3 is 2.28 bits per heavy atom. The SMILES string of the molecule is C=CCO[C@@H](c1ncc(C)cn1)[C@H](C)S(=O)(=O)Cc1nnc(-c2ccc(C)o2)n1-c1c(OC)cccc1OC. The van der Waals surface area contributed by atoms with Crippen molar-refractivity contribution in [3.8, 4) is 28.8 Å². The van der Waals surface area contributed by atoms with Crippen molar-refractivity contribution in [2.75, 3.05) is 20.8 Å². The van der Waals surface area contributed by atoms with E-state index in [4.69, 9.17) is 18.6 Å². The van der Waals surface area contributed by atoms with E-state index in [1.807, 2.05) is 6.92 Å². The predicted molar refractivity (Wildman–Crippen MR) is 145 cm³/mol. The summed E-state index contributed by atoms with van der Waals surface area (Å²) < 4.78 is 52.2. The van der Waals surface area contributed by atoms with Gasteiger partial charge in [-0.1, -0.05) is 12.1 Å². The molecule has 0 radical (unpaired) electrons. The highest BCUT2D eigenvalue weighted by atomic mass is 32.2. The van der Waals surface area contributed by atoms with Gasteiger partial charge in [0.25, 0.3) is 0 Å². The third-order valence-electron chi connectivity index (χ3n) is 6.09. The van der Waals surface area contributed by atoms with Crippen molar-refractivity contribution in [3.05, 3.63) is 78.4 Å². The third-order valence-corrected chi connectivity index (χ3v) is 8.13. The van der Waals surface area contributed by atoms with Crippen molar-refractivity contribution < 1.29 is 27.0 Å². The molecule has 0 aliphatic heterocycles. The number of hydrogen-bond donors (Lipinski definition) is 0. The van der Waals surface area contributed by atoms with Gasteiger partial charge in [0.05, 0.1) is 26.1 Å². The van der Waals surface area contributed by atoms with Crippen molar-refractivity contribution >= 4 is 9.84 Å². The summed E-state index contributed by atoms with van der Waals surface area (Å²) >= 11 is 0. The van der Waals surface area contributed by atoms with Crippen molar-refractivity contribution in [1.82, 2.24) is 24.7 Å². The van der Waals surface area contributed by atoms with Crippen LogP contribution in [-0.2, 0) is 20.3 Å². The lowest BCUT2D eigenvalue weighted by Gasteiger charge is -2.23. The molecule has 3 heterocycles. The van der Waals surface area contributed by atoms with Gasteiger partial charge < -0.3 is 18.6 Å². The number of sulfone groups is 1. The topological polar surface area (TPSA) is 131 Å². The maximum atomic E-state index is 13.9. The molecule has 4 rings (SSSR count). The molecule has 39 heavy (non-hydrogen) atoms. The minimum atomic E-state index is -3.91. The quantitative estimate of drug-likeness (QED) is 0.235. The largest absolute Gasteiger partial charge is 0.494 e. The van der Waals surface area contributed by atoms with Gasteiger partial charge >= 0.3 is 0 Å². The Morgan fingerprint density at radius 2 is 1.72 bits per heavy atom. The highest BCUT2D eigenvalue weighted by molar-refractivity contribution is 7.91. The lowest BCUT2D eigenvalue weighted by Crippen LogP contribution is -2.30. The molecule has 0 bridgehead atoms. The Kier molecular flexibility index (Phi) is 8.46. The van der Waals surface area contributed by atoms with Gasteiger partial charge in [-0.15, -0.1) is 16.8 Å². The standard InChI is InChI=1S/C27H31N5O6S/c1-7-13-37-25(26-28-14-17(2)15-29-26)19(4)39(33,34)16-23-30-31-27(22-12-11-18(3)38-22)32(23)24-20(35-5)9-8-10-21(24)36-6/h7-12,14-15,19,25H,1,13,16H2,2-6H3/t19-,25+/m0/s1. The molecule has 3 aromatic heterocycles. The first-order chi connectivity index (χ1) is 18.7. The highest BCUT2D eigenvalue weighted by Gasteiger charge is 2.36. The Balaban J connectivity index is 1.82. The average Bonchev–Trinajstić information content (AvgIpc) is 3.54. The first-order valence-electron chi connectivity index (χ1n) is 12.1. The summed E-state index contributed by atoms with van der Waals surface area (Å²) in [5.41, 5.74) is 1.28. The second-order valence-corrected chi connectivity index (χ2v) is 11.2. The van der Waals surface area contributed by atoms with Gasteiger partial charge in [-0.2, -0.15) is 0 Å². The van der Waals surface area contributed by atoms with Crippen LogP contribution in [0.1, 0.15) is 36.0 Å². The molecular formula is C27H31N5O6S. The summed E-state index contributed by atoms with van der Waals surface area (Å²) in [7, 11) is -0.880. The van der Waals surface area contributed by atoms with E-state index in [1.54, 1.807) is 67.2 Å². The lowest BCUT2D eigenvalue weighted by molar-refractivity contribution is 0.0669. The van der Waals surface area contributed by atoms with E-state index in [0.29, 0.717) is 34.5 Å². The molecule has 0 aliphatic carbocycles. The molecule has 1 aromatic carbocycles. The fourth-order valence-corrected chi connectivity index (χ4v) is 5.44. The number of methoxy groups -OCH3 is 2. The molecule has 0 saturated heterocycles. The molecule has 0 spiro atoms. The number of nitrogens with zero attached hydrogens (tertiary/aromatic N) is 5. The second-order valence-electron chi connectivity index (χ2n) is 8.87. The minimum absolute atomic E-state index is 0.123. The molecule has 0 saturated carbocycles. The predicted octanol–water partition coefficient (Wildman–Crippen LogP) is 4.20. The molecule has 206 valence electrons. The van der Waals surface area contributed by atoms with Gasteiger partial charge in [0.2, 0.25) is 5.82 Å². The molecule has 0 amide bonds. The van der Waals surface area contributed by atoms with Crippen LogP contribution in [0.4, 0.5) is 0 Å². The van der Waals surface area contributed by atoms with Crippen LogP contribution in [0.25, 0.3) is 17.3 Å². The number of aromatic nitrogens is 5. The van der Waals surface area contributed by atoms with Gasteiger partial charge in [0.15, 0.2) is 27.2 Å². The summed E-state index contributed by atoms with van der Waals surface area (Å²) in [4.78, 5) is 8.63. The number of aryl methyl sites for hydroxylation is 2. The van der Waals surface area contributed by atoms with Crippen molar-refractivity contribution in [2.45, 2.75) is 37.9 Å². The van der Waals surface area contributed by atoms with Crippen LogP contribution in [0.3, 0.4) is 0 Å². The van der Waals surface area contributed by atoms with Gasteiger partial charge in [0.1, 0.15) is 34.8 Å². The van der Waals surface area contributed by atoms with E-state index in [1.165, 1.54) is 14.2 Å². The zero-order valence-corrected chi connectivity index (χ0v) is 23.3. The molecular weight excluding hydrogens is 522 g/mol. The number of ether oxygens (including phenoxy) is 3. The van der Waals surface area contributed by atoms with E-state index in [2.05, 4.69) is 26.7 Å². The number of hydrogen-bond acceptors (Lipinski definition) is 10. The van der Waals surface area contributed by atoms with Crippen molar-refractivity contribution in [1.29, 1.82) is 0 Å². The fourth-order valence-electron chi connectivity index (χ4n) is 4.05. The molecule has 4 aromatic rings. The third kappa shape index (κ3) is 5.86. The summed E-state index contributed by atoms with van der Waals surface area (Å²) in [6.07, 6.45) is 3.85. The normalized spacial score (nSPS) is 13.2. The molecule has 12 heteroatoms. The number of rotatable bonds is 12. The van der Waals surface area contributed by atoms with E-state index in [-0.39, 0.29) is 18.3 Å². The van der Waals surface area contributed by atoms with E-state index in [9.17, 15) is 8.42 Å². The number of furan rings is 1. The van der Waals surface area contributed by atoms with Crippen LogP contribution in [-0.4, -0.2) is 59.2 Å². The summed E-state index contributed by atoms with van der Waals surface area (Å²) in [6.45, 7) is 9.01. The van der Waals surface area contributed by atoms with Crippen LogP contribution in [0.5, 0.6) is 11.5 Å². The van der Waals surface area contributed by atoms with Crippen molar-refractivity contribution in [3.63, 3.8) is 0 Å². The average molecular weight is 554 g/mol. The summed E-state index contributed by atoms with van der Waals surface area (Å²) in [5.74, 6) is 2.17. The maximum Gasteiger partial charge on any atom is 0.204 e. The number of benzene rings is 1. The molecule has 2 atom stereocenters. The minimum Gasteiger partial charge on any atom is -0.494 e. The van der Waals surface area contributed by atoms with Gasteiger partial charge in [0, 0.05) is 12.4 Å². The highest BCUT2D eigenvalue weighted by Crippen LogP contribution is 2.37. The molecule has 0 fully saturated rings. The van der Waals surface area contributed by atoms with E-state index < -0.39 is 26.9 Å². The first kappa shape index (κ1) is 28.0. The van der Waals surface area contributed by atoms with Crippen molar-refractivity contribution in [2.24, 2.45) is 0 Å².